The third kappa shape index (κ3) is 3.55. The minimum atomic E-state index is -0.305. The SMILES string of the molecule is O=C(CCn1nnc2ccccc2c1=O)Nc1cc(Cl)ccc1Cl. The minimum absolute atomic E-state index is 0.0514. The normalized spacial score (nSPS) is 10.8. The van der Waals surface area contributed by atoms with Crippen molar-refractivity contribution in [2.75, 3.05) is 5.32 Å². The Morgan fingerprint density at radius 1 is 1.17 bits per heavy atom. The Bertz CT molecular complexity index is 972. The molecule has 0 spiro atoms. The molecule has 122 valence electrons. The van der Waals surface area contributed by atoms with E-state index >= 15 is 0 Å². The zero-order chi connectivity index (χ0) is 17.1. The van der Waals surface area contributed by atoms with E-state index in [1.807, 2.05) is 0 Å². The topological polar surface area (TPSA) is 76.9 Å². The number of hydrogen-bond acceptors (Lipinski definition) is 4. The number of carbonyl (C=O) groups is 1. The lowest BCUT2D eigenvalue weighted by Gasteiger charge is -2.08. The van der Waals surface area contributed by atoms with Crippen LogP contribution in [-0.2, 0) is 11.3 Å². The molecule has 1 amide bonds. The summed E-state index contributed by atoms with van der Waals surface area (Å²) >= 11 is 11.9. The van der Waals surface area contributed by atoms with Crippen molar-refractivity contribution in [3.05, 3.63) is 62.9 Å². The maximum Gasteiger partial charge on any atom is 0.277 e. The zero-order valence-electron chi connectivity index (χ0n) is 12.4. The van der Waals surface area contributed by atoms with E-state index in [1.165, 1.54) is 4.68 Å². The molecule has 6 nitrogen and oxygen atoms in total. The van der Waals surface area contributed by atoms with Gasteiger partial charge in [0.2, 0.25) is 5.91 Å². The summed E-state index contributed by atoms with van der Waals surface area (Å²) in [5.74, 6) is -0.305. The van der Waals surface area contributed by atoms with Gasteiger partial charge in [0.05, 0.1) is 22.6 Å². The van der Waals surface area contributed by atoms with Crippen LogP contribution in [0, 0.1) is 0 Å². The summed E-state index contributed by atoms with van der Waals surface area (Å²) in [7, 11) is 0. The molecular formula is C16H12Cl2N4O2. The summed E-state index contributed by atoms with van der Waals surface area (Å²) in [5, 5.41) is 11.8. The smallest absolute Gasteiger partial charge is 0.277 e. The molecule has 0 saturated carbocycles. The first-order valence-electron chi connectivity index (χ1n) is 7.12. The van der Waals surface area contributed by atoms with Gasteiger partial charge in [0.1, 0.15) is 5.52 Å². The molecule has 0 fully saturated rings. The molecule has 1 heterocycles. The van der Waals surface area contributed by atoms with Crippen LogP contribution in [0.5, 0.6) is 0 Å². The van der Waals surface area contributed by atoms with E-state index in [1.54, 1.807) is 42.5 Å². The van der Waals surface area contributed by atoms with E-state index in [4.69, 9.17) is 23.2 Å². The van der Waals surface area contributed by atoms with Crippen LogP contribution in [-0.4, -0.2) is 20.9 Å². The van der Waals surface area contributed by atoms with E-state index < -0.39 is 0 Å². The fourth-order valence-corrected chi connectivity index (χ4v) is 2.52. The molecule has 2 aromatic carbocycles. The van der Waals surface area contributed by atoms with Gasteiger partial charge in [-0.15, -0.1) is 5.10 Å². The molecule has 0 atom stereocenters. The van der Waals surface area contributed by atoms with Crippen LogP contribution in [0.2, 0.25) is 10.0 Å². The van der Waals surface area contributed by atoms with Crippen molar-refractivity contribution in [1.82, 2.24) is 15.0 Å². The summed E-state index contributed by atoms with van der Waals surface area (Å²) in [4.78, 5) is 24.3. The zero-order valence-corrected chi connectivity index (χ0v) is 13.9. The second-order valence-corrected chi connectivity index (χ2v) is 5.90. The highest BCUT2D eigenvalue weighted by molar-refractivity contribution is 6.35. The summed E-state index contributed by atoms with van der Waals surface area (Å²) in [6.45, 7) is 0.112. The van der Waals surface area contributed by atoms with Gasteiger partial charge in [-0.05, 0) is 30.3 Å². The van der Waals surface area contributed by atoms with Crippen molar-refractivity contribution < 1.29 is 4.79 Å². The highest BCUT2D eigenvalue weighted by Crippen LogP contribution is 2.25. The third-order valence-corrected chi connectivity index (χ3v) is 3.95. The number of carbonyl (C=O) groups excluding carboxylic acids is 1. The van der Waals surface area contributed by atoms with Gasteiger partial charge < -0.3 is 5.32 Å². The lowest BCUT2D eigenvalue weighted by molar-refractivity contribution is -0.116. The molecule has 0 aliphatic carbocycles. The highest BCUT2D eigenvalue weighted by Gasteiger charge is 2.09. The fraction of sp³-hybridized carbons (Fsp3) is 0.125. The average molecular weight is 363 g/mol. The summed E-state index contributed by atoms with van der Waals surface area (Å²) < 4.78 is 1.17. The maximum absolute atomic E-state index is 12.3. The molecule has 24 heavy (non-hydrogen) atoms. The molecule has 3 rings (SSSR count). The van der Waals surface area contributed by atoms with Crippen LogP contribution in [0.4, 0.5) is 5.69 Å². The largest absolute Gasteiger partial charge is 0.325 e. The Labute approximate surface area is 147 Å². The van der Waals surface area contributed by atoms with Crippen molar-refractivity contribution in [3.63, 3.8) is 0 Å². The Balaban J connectivity index is 1.71. The van der Waals surface area contributed by atoms with Gasteiger partial charge in [-0.1, -0.05) is 40.5 Å². The first-order chi connectivity index (χ1) is 11.5. The van der Waals surface area contributed by atoms with Crippen LogP contribution >= 0.6 is 23.2 Å². The number of aryl methyl sites for hydroxylation is 1. The van der Waals surface area contributed by atoms with E-state index in [2.05, 4.69) is 15.6 Å². The molecule has 0 radical (unpaired) electrons. The van der Waals surface area contributed by atoms with Gasteiger partial charge >= 0.3 is 0 Å². The molecule has 0 unspecified atom stereocenters. The Morgan fingerprint density at radius 2 is 1.96 bits per heavy atom. The quantitative estimate of drug-likeness (QED) is 0.773. The van der Waals surface area contributed by atoms with E-state index in [0.717, 1.165) is 0 Å². The van der Waals surface area contributed by atoms with Gasteiger partial charge in [0.25, 0.3) is 5.56 Å². The summed E-state index contributed by atoms with van der Waals surface area (Å²) in [5.41, 5.74) is 0.661. The Kier molecular flexibility index (Phi) is 4.78. The van der Waals surface area contributed by atoms with Gasteiger partial charge in [-0.2, -0.15) is 0 Å². The molecule has 8 heteroatoms. The van der Waals surface area contributed by atoms with Crippen molar-refractivity contribution in [2.45, 2.75) is 13.0 Å². The van der Waals surface area contributed by atoms with Gasteiger partial charge in [-0.25, -0.2) is 4.68 Å². The number of amides is 1. The average Bonchev–Trinajstić information content (AvgIpc) is 2.58. The number of hydrogen-bond donors (Lipinski definition) is 1. The standard InChI is InChI=1S/C16H12Cl2N4O2/c17-10-5-6-12(18)14(9-10)19-15(23)7-8-22-16(24)11-3-1-2-4-13(11)20-21-22/h1-6,9H,7-8H2,(H,19,23). The maximum atomic E-state index is 12.3. The minimum Gasteiger partial charge on any atom is -0.325 e. The molecular weight excluding hydrogens is 351 g/mol. The van der Waals surface area contributed by atoms with Gasteiger partial charge in [0, 0.05) is 11.4 Å². The van der Waals surface area contributed by atoms with Crippen LogP contribution < -0.4 is 10.9 Å². The number of rotatable bonds is 4. The van der Waals surface area contributed by atoms with Crippen molar-refractivity contribution >= 4 is 45.7 Å². The first-order valence-corrected chi connectivity index (χ1v) is 7.87. The number of aromatic nitrogens is 3. The molecule has 0 aliphatic rings. The first kappa shape index (κ1) is 16.4. The second-order valence-electron chi connectivity index (χ2n) is 5.06. The van der Waals surface area contributed by atoms with Crippen molar-refractivity contribution in [2.24, 2.45) is 0 Å². The highest BCUT2D eigenvalue weighted by atomic mass is 35.5. The summed E-state index contributed by atoms with van der Waals surface area (Å²) in [6, 6.07) is 11.7. The molecule has 0 bridgehead atoms. The van der Waals surface area contributed by atoms with Crippen LogP contribution in [0.1, 0.15) is 6.42 Å². The lowest BCUT2D eigenvalue weighted by Crippen LogP contribution is -2.26. The predicted octanol–water partition coefficient (Wildman–Crippen LogP) is 3.13. The monoisotopic (exact) mass is 362 g/mol. The number of nitrogens with zero attached hydrogens (tertiary/aromatic N) is 3. The third-order valence-electron chi connectivity index (χ3n) is 3.38. The number of halogens is 2. The summed E-state index contributed by atoms with van der Waals surface area (Å²) in [6.07, 6.45) is 0.0514. The van der Waals surface area contributed by atoms with E-state index in [-0.39, 0.29) is 24.4 Å². The predicted molar refractivity (Wildman–Crippen MR) is 93.5 cm³/mol. The van der Waals surface area contributed by atoms with Crippen LogP contribution in [0.3, 0.4) is 0 Å². The molecule has 1 N–H and O–H groups in total. The van der Waals surface area contributed by atoms with E-state index in [9.17, 15) is 9.59 Å². The number of anilines is 1. The number of nitrogens with one attached hydrogen (secondary N) is 1. The number of benzene rings is 2. The molecule has 1 aromatic heterocycles. The Hall–Kier alpha value is -2.44. The molecule has 3 aromatic rings. The Morgan fingerprint density at radius 3 is 2.79 bits per heavy atom. The van der Waals surface area contributed by atoms with Crippen molar-refractivity contribution in [1.29, 1.82) is 0 Å². The molecule has 0 aliphatic heterocycles. The van der Waals surface area contributed by atoms with Crippen LogP contribution in [0.15, 0.2) is 47.3 Å². The van der Waals surface area contributed by atoms with Gasteiger partial charge in [0.15, 0.2) is 0 Å². The fourth-order valence-electron chi connectivity index (χ4n) is 2.18. The number of fused-ring (bicyclic) bond motifs is 1. The van der Waals surface area contributed by atoms with Crippen molar-refractivity contribution in [3.8, 4) is 0 Å². The second kappa shape index (κ2) is 6.98. The lowest BCUT2D eigenvalue weighted by atomic mass is 10.2. The molecule has 0 saturated heterocycles. The van der Waals surface area contributed by atoms with E-state index in [0.29, 0.717) is 26.6 Å². The van der Waals surface area contributed by atoms with Crippen LogP contribution in [0.25, 0.3) is 10.9 Å². The van der Waals surface area contributed by atoms with Gasteiger partial charge in [-0.3, -0.25) is 9.59 Å².